The molecule has 0 unspecified atom stereocenters. The highest BCUT2D eigenvalue weighted by Crippen LogP contribution is 2.52. The van der Waals surface area contributed by atoms with Crippen LogP contribution in [0.2, 0.25) is 0 Å². The molecule has 1 saturated carbocycles. The molecule has 88 valence electrons. The minimum atomic E-state index is -3.89. The summed E-state index contributed by atoms with van der Waals surface area (Å²) in [6.07, 6.45) is -0.157. The number of hydrogen-bond acceptors (Lipinski definition) is 4. The third-order valence-electron chi connectivity index (χ3n) is 3.12. The van der Waals surface area contributed by atoms with E-state index >= 15 is 0 Å². The summed E-state index contributed by atoms with van der Waals surface area (Å²) in [5.41, 5.74) is -0.0757. The first-order chi connectivity index (χ1) is 7.37. The second-order valence-corrected chi connectivity index (χ2v) is 6.09. The van der Waals surface area contributed by atoms with Gasteiger partial charge in [0.25, 0.3) is 0 Å². The van der Waals surface area contributed by atoms with Crippen LogP contribution in [0, 0.1) is 22.7 Å². The van der Waals surface area contributed by atoms with Crippen LogP contribution >= 0.6 is 0 Å². The second kappa shape index (κ2) is 3.33. The van der Waals surface area contributed by atoms with E-state index in [1.165, 1.54) is 4.72 Å². The zero-order valence-corrected chi connectivity index (χ0v) is 9.20. The second-order valence-electron chi connectivity index (χ2n) is 4.41. The first-order valence-electron chi connectivity index (χ1n) is 4.77. The van der Waals surface area contributed by atoms with Crippen LogP contribution in [0.1, 0.15) is 12.8 Å². The van der Waals surface area contributed by atoms with E-state index in [0.717, 1.165) is 4.31 Å². The largest absolute Gasteiger partial charge is 0.464 e. The fourth-order valence-corrected chi connectivity index (χ4v) is 3.62. The lowest BCUT2D eigenvalue weighted by molar-refractivity contribution is -0.0343. The van der Waals surface area contributed by atoms with Gasteiger partial charge in [0.05, 0.1) is 6.07 Å². The third kappa shape index (κ3) is 1.72. The van der Waals surface area contributed by atoms with Crippen molar-refractivity contribution in [1.29, 1.82) is 5.26 Å². The van der Waals surface area contributed by atoms with Crippen molar-refractivity contribution in [2.45, 2.75) is 12.8 Å². The van der Waals surface area contributed by atoms with Gasteiger partial charge in [-0.1, -0.05) is 0 Å². The predicted octanol–water partition coefficient (Wildman–Crippen LogP) is -0.266. The van der Waals surface area contributed by atoms with Gasteiger partial charge in [-0.05, 0) is 12.8 Å². The fraction of sp³-hybridized carbons (Fsp3) is 0.750. The summed E-state index contributed by atoms with van der Waals surface area (Å²) in [6.45, 7) is 0.627. The highest BCUT2D eigenvalue weighted by Gasteiger charge is 2.55. The number of carboxylic acid groups (broad SMARTS) is 1. The third-order valence-corrected chi connectivity index (χ3v) is 4.49. The van der Waals surface area contributed by atoms with Crippen LogP contribution in [0.15, 0.2) is 0 Å². The van der Waals surface area contributed by atoms with E-state index in [4.69, 9.17) is 10.4 Å². The highest BCUT2D eigenvalue weighted by molar-refractivity contribution is 7.87. The van der Waals surface area contributed by atoms with Crippen LogP contribution in [0.4, 0.5) is 4.79 Å². The molecule has 0 aromatic rings. The van der Waals surface area contributed by atoms with Gasteiger partial charge in [-0.15, -0.1) is 0 Å². The van der Waals surface area contributed by atoms with Gasteiger partial charge < -0.3 is 5.11 Å². The Balaban J connectivity index is 1.90. The summed E-state index contributed by atoms with van der Waals surface area (Å²) >= 11 is 0. The predicted molar refractivity (Wildman–Crippen MR) is 52.4 cm³/mol. The van der Waals surface area contributed by atoms with Crippen LogP contribution in [0.5, 0.6) is 0 Å². The molecule has 0 atom stereocenters. The summed E-state index contributed by atoms with van der Waals surface area (Å²) in [6, 6.07) is 2.13. The molecule has 0 radical (unpaired) electrons. The van der Waals surface area contributed by atoms with Crippen molar-refractivity contribution < 1.29 is 18.3 Å². The number of rotatable bonds is 2. The number of hydrogen-bond donors (Lipinski definition) is 2. The normalized spacial score (nSPS) is 24.2. The van der Waals surface area contributed by atoms with Crippen LogP contribution in [0.3, 0.4) is 0 Å². The van der Waals surface area contributed by atoms with E-state index < -0.39 is 16.3 Å². The molecule has 0 bridgehead atoms. The fourth-order valence-electron chi connectivity index (χ4n) is 2.38. The van der Waals surface area contributed by atoms with Gasteiger partial charge in [0, 0.05) is 24.4 Å². The van der Waals surface area contributed by atoms with Gasteiger partial charge in [-0.3, -0.25) is 0 Å². The van der Waals surface area contributed by atoms with Crippen molar-refractivity contribution >= 4 is 16.3 Å². The summed E-state index contributed by atoms with van der Waals surface area (Å²) < 4.78 is 25.3. The van der Waals surface area contributed by atoms with Gasteiger partial charge in [-0.25, -0.2) is 9.52 Å². The lowest BCUT2D eigenvalue weighted by Gasteiger charge is -2.56. The van der Waals surface area contributed by atoms with E-state index in [-0.39, 0.29) is 11.3 Å². The zero-order chi connectivity index (χ0) is 12.0. The molecule has 1 aliphatic carbocycles. The van der Waals surface area contributed by atoms with E-state index in [1.54, 1.807) is 0 Å². The number of amides is 1. The Morgan fingerprint density at radius 1 is 1.50 bits per heavy atom. The molecule has 0 aromatic heterocycles. The molecule has 2 rings (SSSR count). The van der Waals surface area contributed by atoms with Crippen molar-refractivity contribution in [3.05, 3.63) is 0 Å². The van der Waals surface area contributed by atoms with Gasteiger partial charge >= 0.3 is 16.3 Å². The SMILES string of the molecule is N#CC1CC2(C1)CN(S(=O)(=O)NC(=O)O)C2. The topological polar surface area (TPSA) is 111 Å². The summed E-state index contributed by atoms with van der Waals surface area (Å²) in [4.78, 5) is 10.2. The van der Waals surface area contributed by atoms with Gasteiger partial charge in [-0.2, -0.15) is 18.0 Å². The minimum absolute atomic E-state index is 0.0253. The quantitative estimate of drug-likeness (QED) is 0.696. The number of carbonyl (C=O) groups is 1. The standard InChI is InChI=1S/C8H11N3O4S/c9-3-6-1-8(2-6)4-11(5-8)16(14,15)10-7(12)13/h6,10H,1-2,4-5H2,(H,12,13). The van der Waals surface area contributed by atoms with E-state index in [0.29, 0.717) is 25.9 Å². The first-order valence-corrected chi connectivity index (χ1v) is 6.21. The molecule has 1 amide bonds. The van der Waals surface area contributed by atoms with E-state index in [2.05, 4.69) is 6.07 Å². The Hall–Kier alpha value is -1.33. The molecular formula is C8H11N3O4S. The molecule has 2 fully saturated rings. The monoisotopic (exact) mass is 245 g/mol. The molecule has 8 heteroatoms. The summed E-state index contributed by atoms with van der Waals surface area (Å²) in [5, 5.41) is 16.9. The Bertz CT molecular complexity index is 452. The van der Waals surface area contributed by atoms with Crippen LogP contribution in [-0.2, 0) is 10.2 Å². The maximum atomic E-state index is 11.4. The van der Waals surface area contributed by atoms with Crippen molar-refractivity contribution in [3.63, 3.8) is 0 Å². The summed E-state index contributed by atoms with van der Waals surface area (Å²) in [5.74, 6) is 0.0253. The molecule has 1 spiro atoms. The highest BCUT2D eigenvalue weighted by atomic mass is 32.2. The average molecular weight is 245 g/mol. The van der Waals surface area contributed by atoms with E-state index in [9.17, 15) is 13.2 Å². The van der Waals surface area contributed by atoms with Gasteiger partial charge in [0.1, 0.15) is 0 Å². The molecule has 16 heavy (non-hydrogen) atoms. The lowest BCUT2D eigenvalue weighted by atomic mass is 9.59. The molecule has 1 heterocycles. The average Bonchev–Trinajstić information content (AvgIpc) is 1.95. The molecule has 0 aromatic carbocycles. The zero-order valence-electron chi connectivity index (χ0n) is 8.38. The van der Waals surface area contributed by atoms with Crippen LogP contribution < -0.4 is 4.72 Å². The van der Waals surface area contributed by atoms with Crippen LogP contribution in [-0.4, -0.2) is 37.0 Å². The van der Waals surface area contributed by atoms with Gasteiger partial charge in [0.15, 0.2) is 0 Å². The molecule has 2 aliphatic rings. The van der Waals surface area contributed by atoms with Crippen molar-refractivity contribution in [1.82, 2.24) is 9.03 Å². The molecule has 1 aliphatic heterocycles. The number of nitriles is 1. The van der Waals surface area contributed by atoms with Crippen molar-refractivity contribution in [2.24, 2.45) is 11.3 Å². The number of nitrogens with zero attached hydrogens (tertiary/aromatic N) is 2. The maximum absolute atomic E-state index is 11.4. The smallest absolute Gasteiger partial charge is 0.419 e. The van der Waals surface area contributed by atoms with Crippen LogP contribution in [0.25, 0.3) is 0 Å². The van der Waals surface area contributed by atoms with Crippen molar-refractivity contribution in [3.8, 4) is 6.07 Å². The molecule has 2 N–H and O–H groups in total. The number of nitrogens with one attached hydrogen (secondary N) is 1. The Labute approximate surface area is 92.8 Å². The Morgan fingerprint density at radius 3 is 2.50 bits per heavy atom. The Morgan fingerprint density at radius 2 is 2.06 bits per heavy atom. The van der Waals surface area contributed by atoms with Gasteiger partial charge in [0.2, 0.25) is 0 Å². The molecular weight excluding hydrogens is 234 g/mol. The Kier molecular flexibility index (Phi) is 2.32. The molecule has 1 saturated heterocycles. The van der Waals surface area contributed by atoms with E-state index in [1.807, 2.05) is 0 Å². The summed E-state index contributed by atoms with van der Waals surface area (Å²) in [7, 11) is -3.89. The molecule has 7 nitrogen and oxygen atoms in total. The minimum Gasteiger partial charge on any atom is -0.464 e. The first kappa shape index (κ1) is 11.2. The lowest BCUT2D eigenvalue weighted by Crippen LogP contribution is -2.65. The maximum Gasteiger partial charge on any atom is 0.419 e. The van der Waals surface area contributed by atoms with Crippen molar-refractivity contribution in [2.75, 3.05) is 13.1 Å².